The van der Waals surface area contributed by atoms with Crippen LogP contribution < -0.4 is 4.74 Å². The maximum atomic E-state index is 11.4. The third-order valence-electron chi connectivity index (χ3n) is 2.33. The minimum Gasteiger partial charge on any atom is -0.457 e. The van der Waals surface area contributed by atoms with Crippen molar-refractivity contribution < 1.29 is 19.7 Å². The van der Waals surface area contributed by atoms with Crippen molar-refractivity contribution in [3.63, 3.8) is 0 Å². The quantitative estimate of drug-likeness (QED) is 0.637. The minimum absolute atomic E-state index is 0.193. The summed E-state index contributed by atoms with van der Waals surface area (Å²) in [7, 11) is 0. The van der Waals surface area contributed by atoms with Crippen molar-refractivity contribution in [1.29, 1.82) is 0 Å². The van der Waals surface area contributed by atoms with Crippen LogP contribution in [0.5, 0.6) is 11.5 Å². The lowest BCUT2D eigenvalue weighted by molar-refractivity contribution is -0.0195. The monoisotopic (exact) mass is 244 g/mol. The van der Waals surface area contributed by atoms with Crippen molar-refractivity contribution in [3.8, 4) is 11.5 Å². The molecule has 18 heavy (non-hydrogen) atoms. The Morgan fingerprint density at radius 2 is 1.61 bits per heavy atom. The lowest BCUT2D eigenvalue weighted by Gasteiger charge is -2.07. The van der Waals surface area contributed by atoms with E-state index in [0.29, 0.717) is 11.5 Å². The number of ether oxygens (including phenoxy) is 1. The van der Waals surface area contributed by atoms with Crippen LogP contribution in [-0.4, -0.2) is 22.3 Å². The molecule has 0 fully saturated rings. The summed E-state index contributed by atoms with van der Waals surface area (Å²) in [6, 6.07) is 15.4. The second-order valence-corrected chi connectivity index (χ2v) is 3.68. The predicted octanol–water partition coefficient (Wildman–Crippen LogP) is 1.97. The Morgan fingerprint density at radius 1 is 0.944 bits per heavy atom. The summed E-state index contributed by atoms with van der Waals surface area (Å²) in [6.07, 6.45) is -2.00. The van der Waals surface area contributed by atoms with Crippen LogP contribution in [0.4, 0.5) is 0 Å². The molecule has 2 aromatic rings. The van der Waals surface area contributed by atoms with Crippen LogP contribution in [0.1, 0.15) is 10.4 Å². The first-order chi connectivity index (χ1) is 8.66. The van der Waals surface area contributed by atoms with Crippen molar-refractivity contribution in [1.82, 2.24) is 0 Å². The third-order valence-corrected chi connectivity index (χ3v) is 2.33. The first-order valence-electron chi connectivity index (χ1n) is 5.40. The van der Waals surface area contributed by atoms with Crippen LogP contribution in [0.2, 0.25) is 0 Å². The zero-order valence-corrected chi connectivity index (χ0v) is 9.48. The van der Waals surface area contributed by atoms with E-state index in [0.717, 1.165) is 0 Å². The van der Waals surface area contributed by atoms with Crippen LogP contribution in [-0.2, 0) is 0 Å². The Kier molecular flexibility index (Phi) is 3.72. The Balaban J connectivity index is 2.20. The van der Waals surface area contributed by atoms with Gasteiger partial charge in [-0.15, -0.1) is 0 Å². The summed E-state index contributed by atoms with van der Waals surface area (Å²) in [5, 5.41) is 17.6. The molecule has 0 saturated carbocycles. The molecule has 0 unspecified atom stereocenters. The smallest absolute Gasteiger partial charge is 0.218 e. The second-order valence-electron chi connectivity index (χ2n) is 3.68. The largest absolute Gasteiger partial charge is 0.457 e. The second kappa shape index (κ2) is 5.44. The molecule has 2 N–H and O–H groups in total. The van der Waals surface area contributed by atoms with Gasteiger partial charge in [-0.2, -0.15) is 0 Å². The summed E-state index contributed by atoms with van der Waals surface area (Å²) in [5.41, 5.74) is 0.193. The fourth-order valence-corrected chi connectivity index (χ4v) is 1.49. The Labute approximate surface area is 104 Å². The number of carbonyl (C=O) groups is 1. The average molecular weight is 244 g/mol. The Bertz CT molecular complexity index is 535. The molecule has 0 aromatic heterocycles. The molecule has 0 aliphatic heterocycles. The topological polar surface area (TPSA) is 66.8 Å². The number of carbonyl (C=O) groups excluding carboxylic acids is 1. The summed E-state index contributed by atoms with van der Waals surface area (Å²) in [5.74, 6) is 0.354. The molecule has 0 atom stereocenters. The fourth-order valence-electron chi connectivity index (χ4n) is 1.49. The number of hydrogen-bond donors (Lipinski definition) is 2. The van der Waals surface area contributed by atoms with E-state index in [9.17, 15) is 4.79 Å². The van der Waals surface area contributed by atoms with Gasteiger partial charge in [0.2, 0.25) is 12.1 Å². The van der Waals surface area contributed by atoms with Crippen molar-refractivity contribution in [2.24, 2.45) is 0 Å². The highest BCUT2D eigenvalue weighted by Crippen LogP contribution is 2.22. The van der Waals surface area contributed by atoms with Gasteiger partial charge < -0.3 is 14.9 Å². The van der Waals surface area contributed by atoms with Gasteiger partial charge >= 0.3 is 0 Å². The van der Waals surface area contributed by atoms with E-state index < -0.39 is 12.1 Å². The highest BCUT2D eigenvalue weighted by Gasteiger charge is 2.14. The maximum Gasteiger partial charge on any atom is 0.218 e. The highest BCUT2D eigenvalue weighted by molar-refractivity contribution is 5.98. The Hall–Kier alpha value is -2.17. The molecule has 0 spiro atoms. The number of aliphatic hydroxyl groups excluding tert-OH is 1. The summed E-state index contributed by atoms with van der Waals surface area (Å²) in [6.45, 7) is 0. The molecule has 2 aromatic carbocycles. The molecule has 4 nitrogen and oxygen atoms in total. The van der Waals surface area contributed by atoms with Gasteiger partial charge in [0, 0.05) is 5.56 Å². The van der Waals surface area contributed by atoms with Crippen LogP contribution in [0.25, 0.3) is 0 Å². The lowest BCUT2D eigenvalue weighted by atomic mass is 10.1. The summed E-state index contributed by atoms with van der Waals surface area (Å²) < 4.78 is 5.53. The third kappa shape index (κ3) is 2.94. The standard InChI is InChI=1S/C14H12O4/c15-13(14(16)17)10-5-4-8-12(9-10)18-11-6-2-1-3-7-11/h1-9,14,16-17H. The first-order valence-corrected chi connectivity index (χ1v) is 5.40. The fraction of sp³-hybridized carbons (Fsp3) is 0.0714. The molecule has 0 radical (unpaired) electrons. The SMILES string of the molecule is O=C(c1cccc(Oc2ccccc2)c1)C(O)O. The Morgan fingerprint density at radius 3 is 2.28 bits per heavy atom. The van der Waals surface area contributed by atoms with Gasteiger partial charge in [0.15, 0.2) is 0 Å². The normalized spacial score (nSPS) is 10.4. The molecule has 0 saturated heterocycles. The molecule has 0 heterocycles. The number of Topliss-reactive ketones (excluding diaryl/α,β-unsaturated/α-hetero) is 1. The zero-order chi connectivity index (χ0) is 13.0. The molecular formula is C14H12O4. The number of benzene rings is 2. The molecule has 4 heteroatoms. The van der Waals surface area contributed by atoms with Crippen LogP contribution in [0.3, 0.4) is 0 Å². The van der Waals surface area contributed by atoms with Crippen molar-refractivity contribution >= 4 is 5.78 Å². The van der Waals surface area contributed by atoms with E-state index in [-0.39, 0.29) is 5.56 Å². The summed E-state index contributed by atoms with van der Waals surface area (Å²) in [4.78, 5) is 11.4. The van der Waals surface area contributed by atoms with E-state index in [4.69, 9.17) is 14.9 Å². The van der Waals surface area contributed by atoms with Crippen LogP contribution in [0, 0.1) is 0 Å². The lowest BCUT2D eigenvalue weighted by Crippen LogP contribution is -2.19. The molecule has 2 rings (SSSR count). The van der Waals surface area contributed by atoms with E-state index in [1.165, 1.54) is 12.1 Å². The van der Waals surface area contributed by atoms with Gasteiger partial charge in [-0.1, -0.05) is 30.3 Å². The number of para-hydroxylation sites is 1. The molecular weight excluding hydrogens is 232 g/mol. The van der Waals surface area contributed by atoms with E-state index in [1.54, 1.807) is 24.3 Å². The van der Waals surface area contributed by atoms with Gasteiger partial charge in [-0.25, -0.2) is 0 Å². The van der Waals surface area contributed by atoms with Crippen LogP contribution in [0.15, 0.2) is 54.6 Å². The first kappa shape index (κ1) is 12.3. The molecule has 0 aliphatic carbocycles. The van der Waals surface area contributed by atoms with Crippen molar-refractivity contribution in [2.45, 2.75) is 6.29 Å². The highest BCUT2D eigenvalue weighted by atomic mass is 16.5. The van der Waals surface area contributed by atoms with Gasteiger partial charge in [0.1, 0.15) is 11.5 Å². The minimum atomic E-state index is -2.00. The van der Waals surface area contributed by atoms with Gasteiger partial charge in [-0.05, 0) is 24.3 Å². The summed E-state index contributed by atoms with van der Waals surface area (Å²) >= 11 is 0. The molecule has 0 aliphatic rings. The average Bonchev–Trinajstić information content (AvgIpc) is 2.39. The van der Waals surface area contributed by atoms with E-state index >= 15 is 0 Å². The number of rotatable bonds is 4. The van der Waals surface area contributed by atoms with E-state index in [1.807, 2.05) is 18.2 Å². The molecule has 0 amide bonds. The van der Waals surface area contributed by atoms with Crippen molar-refractivity contribution in [2.75, 3.05) is 0 Å². The van der Waals surface area contributed by atoms with Gasteiger partial charge in [0.25, 0.3) is 0 Å². The maximum absolute atomic E-state index is 11.4. The van der Waals surface area contributed by atoms with Gasteiger partial charge in [-0.3, -0.25) is 4.79 Å². The molecule has 0 bridgehead atoms. The number of ketones is 1. The van der Waals surface area contributed by atoms with Crippen LogP contribution >= 0.6 is 0 Å². The van der Waals surface area contributed by atoms with Gasteiger partial charge in [0.05, 0.1) is 0 Å². The number of aliphatic hydroxyl groups is 2. The van der Waals surface area contributed by atoms with E-state index in [2.05, 4.69) is 0 Å². The predicted molar refractivity (Wildman–Crippen MR) is 65.5 cm³/mol. The van der Waals surface area contributed by atoms with Crippen molar-refractivity contribution in [3.05, 3.63) is 60.2 Å². The number of hydrogen-bond acceptors (Lipinski definition) is 4. The zero-order valence-electron chi connectivity index (χ0n) is 9.48. The molecule has 92 valence electrons.